The summed E-state index contributed by atoms with van der Waals surface area (Å²) in [5, 5.41) is 0. The van der Waals surface area contributed by atoms with Crippen molar-refractivity contribution in [2.75, 3.05) is 12.3 Å². The molecule has 4 nitrogen and oxygen atoms in total. The van der Waals surface area contributed by atoms with Gasteiger partial charge in [0.25, 0.3) is 11.8 Å². The van der Waals surface area contributed by atoms with Crippen molar-refractivity contribution in [1.29, 1.82) is 0 Å². The molecule has 4 heteroatoms. The van der Waals surface area contributed by atoms with Crippen LogP contribution in [0.1, 0.15) is 48.4 Å². The molecule has 1 aliphatic rings. The molecule has 2 rings (SSSR count). The van der Waals surface area contributed by atoms with Crippen molar-refractivity contribution in [2.24, 2.45) is 11.3 Å². The number of imide groups is 1. The van der Waals surface area contributed by atoms with Crippen molar-refractivity contribution in [3.05, 3.63) is 29.3 Å². The van der Waals surface area contributed by atoms with Gasteiger partial charge in [-0.15, -0.1) is 0 Å². The second-order valence-electron chi connectivity index (χ2n) is 6.26. The van der Waals surface area contributed by atoms with E-state index in [2.05, 4.69) is 20.8 Å². The monoisotopic (exact) mass is 260 g/mol. The highest BCUT2D eigenvalue weighted by Crippen LogP contribution is 2.31. The fourth-order valence-electron chi connectivity index (χ4n) is 2.07. The van der Waals surface area contributed by atoms with Gasteiger partial charge in [0.2, 0.25) is 0 Å². The van der Waals surface area contributed by atoms with E-state index < -0.39 is 0 Å². The molecule has 1 unspecified atom stereocenters. The summed E-state index contributed by atoms with van der Waals surface area (Å²) in [6.45, 7) is 8.78. The Kier molecular flexibility index (Phi) is 3.12. The van der Waals surface area contributed by atoms with Gasteiger partial charge in [0.15, 0.2) is 0 Å². The average molecular weight is 260 g/mol. The minimum atomic E-state index is -0.269. The number of nitrogen functional groups attached to an aromatic ring is 1. The molecule has 1 atom stereocenters. The standard InChI is InChI=1S/C15H20N2O2/c1-9(15(2,3)4)8-17-13(18)10-6-5-7-11(16)12(10)14(17)19/h5-7,9H,8,16H2,1-4H3. The van der Waals surface area contributed by atoms with Gasteiger partial charge in [0.1, 0.15) is 0 Å². The van der Waals surface area contributed by atoms with Crippen LogP contribution in [-0.2, 0) is 0 Å². The smallest absolute Gasteiger partial charge is 0.263 e. The van der Waals surface area contributed by atoms with E-state index in [1.807, 2.05) is 6.92 Å². The van der Waals surface area contributed by atoms with Crippen molar-refractivity contribution < 1.29 is 9.59 Å². The molecule has 2 N–H and O–H groups in total. The third-order valence-corrected chi connectivity index (χ3v) is 3.97. The van der Waals surface area contributed by atoms with Crippen LogP contribution in [0.3, 0.4) is 0 Å². The average Bonchev–Trinajstić information content (AvgIpc) is 2.54. The van der Waals surface area contributed by atoms with Gasteiger partial charge >= 0.3 is 0 Å². The lowest BCUT2D eigenvalue weighted by Gasteiger charge is -2.30. The van der Waals surface area contributed by atoms with Gasteiger partial charge in [-0.05, 0) is 23.5 Å². The second kappa shape index (κ2) is 4.37. The summed E-state index contributed by atoms with van der Waals surface area (Å²) in [6.07, 6.45) is 0. The summed E-state index contributed by atoms with van der Waals surface area (Å²) in [5.74, 6) is -0.284. The van der Waals surface area contributed by atoms with Crippen molar-refractivity contribution in [3.63, 3.8) is 0 Å². The Morgan fingerprint density at radius 3 is 2.37 bits per heavy atom. The van der Waals surface area contributed by atoms with Gasteiger partial charge in [-0.25, -0.2) is 0 Å². The van der Waals surface area contributed by atoms with Crippen LogP contribution >= 0.6 is 0 Å². The molecule has 1 aromatic rings. The first-order chi connectivity index (χ1) is 8.73. The highest BCUT2D eigenvalue weighted by atomic mass is 16.2. The van der Waals surface area contributed by atoms with Gasteiger partial charge in [-0.3, -0.25) is 14.5 Å². The number of nitrogens with two attached hydrogens (primary N) is 1. The van der Waals surface area contributed by atoms with Crippen LogP contribution in [0.2, 0.25) is 0 Å². The summed E-state index contributed by atoms with van der Waals surface area (Å²) < 4.78 is 0. The minimum Gasteiger partial charge on any atom is -0.398 e. The molecule has 0 saturated heterocycles. The largest absolute Gasteiger partial charge is 0.398 e. The number of hydrogen-bond donors (Lipinski definition) is 1. The van der Waals surface area contributed by atoms with E-state index in [1.54, 1.807) is 18.2 Å². The number of carbonyl (C=O) groups is 2. The number of anilines is 1. The Balaban J connectivity index is 2.31. The van der Waals surface area contributed by atoms with Crippen LogP contribution in [0, 0.1) is 11.3 Å². The lowest BCUT2D eigenvalue weighted by atomic mass is 9.82. The quantitative estimate of drug-likeness (QED) is 0.656. The van der Waals surface area contributed by atoms with Crippen LogP contribution in [0.25, 0.3) is 0 Å². The topological polar surface area (TPSA) is 63.4 Å². The number of hydrogen-bond acceptors (Lipinski definition) is 3. The minimum absolute atomic E-state index is 0.0425. The zero-order valence-electron chi connectivity index (χ0n) is 11.9. The maximum absolute atomic E-state index is 12.3. The Bertz CT molecular complexity index is 544. The maximum Gasteiger partial charge on any atom is 0.263 e. The third-order valence-electron chi connectivity index (χ3n) is 3.97. The Labute approximate surface area is 113 Å². The Hall–Kier alpha value is -1.84. The number of nitrogens with zero attached hydrogens (tertiary/aromatic N) is 1. The predicted molar refractivity (Wildman–Crippen MR) is 74.8 cm³/mol. The molecule has 1 aliphatic heterocycles. The molecule has 0 spiro atoms. The molecule has 102 valence electrons. The molecular formula is C15H20N2O2. The molecule has 1 aromatic carbocycles. The van der Waals surface area contributed by atoms with E-state index in [4.69, 9.17) is 5.73 Å². The molecule has 0 aliphatic carbocycles. The van der Waals surface area contributed by atoms with Crippen molar-refractivity contribution in [2.45, 2.75) is 27.7 Å². The second-order valence-corrected chi connectivity index (χ2v) is 6.26. The number of rotatable bonds is 2. The maximum atomic E-state index is 12.3. The van der Waals surface area contributed by atoms with Gasteiger partial charge < -0.3 is 5.73 Å². The van der Waals surface area contributed by atoms with Crippen molar-refractivity contribution in [1.82, 2.24) is 4.90 Å². The van der Waals surface area contributed by atoms with Gasteiger partial charge in [0, 0.05) is 12.2 Å². The predicted octanol–water partition coefficient (Wildman–Crippen LogP) is 2.55. The number of benzene rings is 1. The molecule has 0 bridgehead atoms. The number of carbonyl (C=O) groups excluding carboxylic acids is 2. The molecule has 2 amide bonds. The SMILES string of the molecule is CC(CN1C(=O)c2cccc(N)c2C1=O)C(C)(C)C. The first-order valence-corrected chi connectivity index (χ1v) is 6.48. The van der Waals surface area contributed by atoms with E-state index in [9.17, 15) is 9.59 Å². The van der Waals surface area contributed by atoms with Crippen LogP contribution in [0.15, 0.2) is 18.2 Å². The summed E-state index contributed by atoms with van der Waals surface area (Å²) >= 11 is 0. The normalized spacial score (nSPS) is 16.7. The van der Waals surface area contributed by atoms with Crippen molar-refractivity contribution >= 4 is 17.5 Å². The number of fused-ring (bicyclic) bond motifs is 1. The van der Waals surface area contributed by atoms with Gasteiger partial charge in [0.05, 0.1) is 11.1 Å². The first kappa shape index (κ1) is 13.6. The Morgan fingerprint density at radius 1 is 1.21 bits per heavy atom. The summed E-state index contributed by atoms with van der Waals surface area (Å²) in [6, 6.07) is 5.02. The lowest BCUT2D eigenvalue weighted by Crippen LogP contribution is -2.37. The summed E-state index contributed by atoms with van der Waals surface area (Å²) in [7, 11) is 0. The molecule has 0 aromatic heterocycles. The zero-order chi connectivity index (χ0) is 14.4. The van der Waals surface area contributed by atoms with E-state index in [-0.39, 0.29) is 23.1 Å². The van der Waals surface area contributed by atoms with Crippen LogP contribution in [0.5, 0.6) is 0 Å². The molecule has 19 heavy (non-hydrogen) atoms. The highest BCUT2D eigenvalue weighted by Gasteiger charge is 2.38. The fraction of sp³-hybridized carbons (Fsp3) is 0.467. The Morgan fingerprint density at radius 2 is 1.84 bits per heavy atom. The molecule has 0 fully saturated rings. The number of amides is 2. The van der Waals surface area contributed by atoms with E-state index in [1.165, 1.54) is 4.90 Å². The third kappa shape index (κ3) is 2.23. The fourth-order valence-corrected chi connectivity index (χ4v) is 2.07. The first-order valence-electron chi connectivity index (χ1n) is 6.48. The molecule has 0 saturated carbocycles. The molecule has 0 radical (unpaired) electrons. The van der Waals surface area contributed by atoms with Crippen LogP contribution in [0.4, 0.5) is 5.69 Å². The van der Waals surface area contributed by atoms with Crippen molar-refractivity contribution in [3.8, 4) is 0 Å². The molecular weight excluding hydrogens is 240 g/mol. The zero-order valence-corrected chi connectivity index (χ0v) is 11.9. The summed E-state index contributed by atoms with van der Waals surface area (Å²) in [4.78, 5) is 25.9. The summed E-state index contributed by atoms with van der Waals surface area (Å²) in [5.41, 5.74) is 7.00. The lowest BCUT2D eigenvalue weighted by molar-refractivity contribution is 0.0595. The van der Waals surface area contributed by atoms with E-state index >= 15 is 0 Å². The van der Waals surface area contributed by atoms with E-state index in [0.717, 1.165) is 0 Å². The van der Waals surface area contributed by atoms with Gasteiger partial charge in [-0.1, -0.05) is 33.8 Å². The molecule has 1 heterocycles. The van der Waals surface area contributed by atoms with Crippen LogP contribution in [-0.4, -0.2) is 23.3 Å². The highest BCUT2D eigenvalue weighted by molar-refractivity contribution is 6.23. The van der Waals surface area contributed by atoms with E-state index in [0.29, 0.717) is 23.4 Å². The van der Waals surface area contributed by atoms with Crippen LogP contribution < -0.4 is 5.73 Å². The van der Waals surface area contributed by atoms with Gasteiger partial charge in [-0.2, -0.15) is 0 Å².